The maximum atomic E-state index is 10.9. The summed E-state index contributed by atoms with van der Waals surface area (Å²) in [5, 5.41) is 10.9. The topological polar surface area (TPSA) is 52.4 Å². The summed E-state index contributed by atoms with van der Waals surface area (Å²) in [6.07, 6.45) is 0. The van der Waals surface area contributed by atoms with E-state index in [0.717, 1.165) is 10.0 Å². The minimum absolute atomic E-state index is 0.0565. The standard InChI is InChI=1S/C14H11BrClNO3/c15-12-7-10(8-16)5-6-14(12)20-9-11-3-1-2-4-13(11)17(18)19/h1-7H,8-9H2. The molecule has 0 saturated carbocycles. The number of halogens is 2. The Balaban J connectivity index is 2.15. The molecule has 0 fully saturated rings. The summed E-state index contributed by atoms with van der Waals surface area (Å²) < 4.78 is 6.39. The Bertz CT molecular complexity index is 634. The number of nitro benzene ring substituents is 1. The molecule has 20 heavy (non-hydrogen) atoms. The van der Waals surface area contributed by atoms with E-state index < -0.39 is 4.92 Å². The first kappa shape index (κ1) is 14.8. The van der Waals surface area contributed by atoms with Gasteiger partial charge in [-0.25, -0.2) is 0 Å². The van der Waals surface area contributed by atoms with Crippen molar-refractivity contribution in [2.24, 2.45) is 0 Å². The van der Waals surface area contributed by atoms with Crippen LogP contribution >= 0.6 is 27.5 Å². The van der Waals surface area contributed by atoms with Crippen molar-refractivity contribution in [2.75, 3.05) is 0 Å². The van der Waals surface area contributed by atoms with E-state index in [-0.39, 0.29) is 12.3 Å². The average molecular weight is 357 g/mol. The summed E-state index contributed by atoms with van der Waals surface area (Å²) in [4.78, 5) is 10.5. The third kappa shape index (κ3) is 3.49. The van der Waals surface area contributed by atoms with Gasteiger partial charge in [0.1, 0.15) is 12.4 Å². The molecule has 0 atom stereocenters. The Morgan fingerprint density at radius 3 is 2.65 bits per heavy atom. The first-order valence-corrected chi connectivity index (χ1v) is 7.14. The lowest BCUT2D eigenvalue weighted by molar-refractivity contribution is -0.385. The second-order valence-corrected chi connectivity index (χ2v) is 5.19. The Hall–Kier alpha value is -1.59. The highest BCUT2D eigenvalue weighted by Crippen LogP contribution is 2.28. The van der Waals surface area contributed by atoms with Crippen LogP contribution in [0.1, 0.15) is 11.1 Å². The highest BCUT2D eigenvalue weighted by Gasteiger charge is 2.13. The number of benzene rings is 2. The van der Waals surface area contributed by atoms with Crippen LogP contribution in [0.15, 0.2) is 46.9 Å². The zero-order valence-corrected chi connectivity index (χ0v) is 12.7. The molecule has 0 saturated heterocycles. The number of hydrogen-bond donors (Lipinski definition) is 0. The van der Waals surface area contributed by atoms with E-state index in [0.29, 0.717) is 17.2 Å². The van der Waals surface area contributed by atoms with E-state index in [9.17, 15) is 10.1 Å². The molecule has 0 aliphatic rings. The Labute approximate surface area is 129 Å². The van der Waals surface area contributed by atoms with Crippen molar-refractivity contribution in [2.45, 2.75) is 12.5 Å². The van der Waals surface area contributed by atoms with Crippen LogP contribution in [-0.2, 0) is 12.5 Å². The van der Waals surface area contributed by atoms with Gasteiger partial charge in [-0.2, -0.15) is 0 Å². The van der Waals surface area contributed by atoms with Crippen molar-refractivity contribution >= 4 is 33.2 Å². The fourth-order valence-electron chi connectivity index (χ4n) is 1.71. The SMILES string of the molecule is O=[N+]([O-])c1ccccc1COc1ccc(CCl)cc1Br. The zero-order chi connectivity index (χ0) is 14.5. The summed E-state index contributed by atoms with van der Waals surface area (Å²) >= 11 is 9.13. The van der Waals surface area contributed by atoms with Crippen LogP contribution < -0.4 is 4.74 Å². The van der Waals surface area contributed by atoms with Gasteiger partial charge in [0.2, 0.25) is 0 Å². The molecule has 0 amide bonds. The highest BCUT2D eigenvalue weighted by molar-refractivity contribution is 9.10. The Kier molecular flexibility index (Phi) is 4.98. The van der Waals surface area contributed by atoms with Gasteiger partial charge in [0, 0.05) is 11.9 Å². The van der Waals surface area contributed by atoms with Crippen molar-refractivity contribution < 1.29 is 9.66 Å². The third-order valence-electron chi connectivity index (χ3n) is 2.72. The van der Waals surface area contributed by atoms with Crippen molar-refractivity contribution in [1.29, 1.82) is 0 Å². The molecule has 0 bridgehead atoms. The lowest BCUT2D eigenvalue weighted by Gasteiger charge is -2.09. The third-order valence-corrected chi connectivity index (χ3v) is 3.65. The van der Waals surface area contributed by atoms with E-state index in [1.807, 2.05) is 12.1 Å². The normalized spacial score (nSPS) is 10.3. The van der Waals surface area contributed by atoms with E-state index in [1.165, 1.54) is 6.07 Å². The molecule has 2 aromatic carbocycles. The Morgan fingerprint density at radius 2 is 2.00 bits per heavy atom. The lowest BCUT2D eigenvalue weighted by atomic mass is 10.2. The molecule has 2 aromatic rings. The fraction of sp³-hybridized carbons (Fsp3) is 0.143. The molecule has 0 aliphatic carbocycles. The monoisotopic (exact) mass is 355 g/mol. The number of alkyl halides is 1. The first-order chi connectivity index (χ1) is 9.61. The van der Waals surface area contributed by atoms with Gasteiger partial charge in [-0.3, -0.25) is 10.1 Å². The van der Waals surface area contributed by atoms with Crippen LogP contribution in [0.2, 0.25) is 0 Å². The predicted molar refractivity (Wildman–Crippen MR) is 81.1 cm³/mol. The molecule has 2 rings (SSSR count). The first-order valence-electron chi connectivity index (χ1n) is 5.81. The Morgan fingerprint density at radius 1 is 1.25 bits per heavy atom. The van der Waals surface area contributed by atoms with Crippen LogP contribution in [0.25, 0.3) is 0 Å². The molecule has 0 aromatic heterocycles. The highest BCUT2D eigenvalue weighted by atomic mass is 79.9. The molecule has 0 unspecified atom stereocenters. The summed E-state index contributed by atoms with van der Waals surface area (Å²) in [7, 11) is 0. The molecule has 6 heteroatoms. The molecule has 4 nitrogen and oxygen atoms in total. The number of nitro groups is 1. The van der Waals surface area contributed by atoms with Gasteiger partial charge in [-0.15, -0.1) is 11.6 Å². The largest absolute Gasteiger partial charge is 0.487 e. The van der Waals surface area contributed by atoms with E-state index in [4.69, 9.17) is 16.3 Å². The minimum Gasteiger partial charge on any atom is -0.487 e. The van der Waals surface area contributed by atoms with Crippen LogP contribution in [0.3, 0.4) is 0 Å². The molecule has 104 valence electrons. The van der Waals surface area contributed by atoms with Crippen LogP contribution in [-0.4, -0.2) is 4.92 Å². The summed E-state index contributed by atoms with van der Waals surface area (Å²) in [5.74, 6) is 1.04. The zero-order valence-electron chi connectivity index (χ0n) is 10.4. The quantitative estimate of drug-likeness (QED) is 0.444. The van der Waals surface area contributed by atoms with E-state index >= 15 is 0 Å². The molecule has 0 heterocycles. The van der Waals surface area contributed by atoms with Crippen LogP contribution in [0.5, 0.6) is 5.75 Å². The number of hydrogen-bond acceptors (Lipinski definition) is 3. The fourth-order valence-corrected chi connectivity index (χ4v) is 2.42. The van der Waals surface area contributed by atoms with Gasteiger partial charge >= 0.3 is 0 Å². The van der Waals surface area contributed by atoms with Gasteiger partial charge in [-0.1, -0.05) is 18.2 Å². The van der Waals surface area contributed by atoms with Crippen LogP contribution in [0, 0.1) is 10.1 Å². The number of rotatable bonds is 5. The van der Waals surface area contributed by atoms with Crippen LogP contribution in [0.4, 0.5) is 5.69 Å². The summed E-state index contributed by atoms with van der Waals surface area (Å²) in [5.41, 5.74) is 1.56. The van der Waals surface area contributed by atoms with Gasteiger partial charge in [0.15, 0.2) is 0 Å². The maximum absolute atomic E-state index is 10.9. The molecular weight excluding hydrogens is 346 g/mol. The van der Waals surface area contributed by atoms with Gasteiger partial charge < -0.3 is 4.74 Å². The van der Waals surface area contributed by atoms with Crippen molar-refractivity contribution in [3.05, 3.63) is 68.2 Å². The average Bonchev–Trinajstić information content (AvgIpc) is 2.46. The van der Waals surface area contributed by atoms with Gasteiger partial charge in [-0.05, 0) is 39.7 Å². The minimum atomic E-state index is -0.412. The number of ether oxygens (including phenoxy) is 1. The van der Waals surface area contributed by atoms with Gasteiger partial charge in [0.05, 0.1) is 15.0 Å². The number of para-hydroxylation sites is 1. The maximum Gasteiger partial charge on any atom is 0.276 e. The second kappa shape index (κ2) is 6.72. The van der Waals surface area contributed by atoms with Gasteiger partial charge in [0.25, 0.3) is 5.69 Å². The molecule has 0 aliphatic heterocycles. The summed E-state index contributed by atoms with van der Waals surface area (Å²) in [6.45, 7) is 0.135. The molecule has 0 N–H and O–H groups in total. The molecule has 0 radical (unpaired) electrons. The number of nitrogens with zero attached hydrogens (tertiary/aromatic N) is 1. The summed E-state index contributed by atoms with van der Waals surface area (Å²) in [6, 6.07) is 12.0. The lowest BCUT2D eigenvalue weighted by Crippen LogP contribution is -2.00. The van der Waals surface area contributed by atoms with Crippen molar-refractivity contribution in [3.63, 3.8) is 0 Å². The predicted octanol–water partition coefficient (Wildman–Crippen LogP) is 4.68. The molecule has 0 spiro atoms. The van der Waals surface area contributed by atoms with Crippen molar-refractivity contribution in [1.82, 2.24) is 0 Å². The molecular formula is C14H11BrClNO3. The van der Waals surface area contributed by atoms with E-state index in [1.54, 1.807) is 24.3 Å². The van der Waals surface area contributed by atoms with Crippen molar-refractivity contribution in [3.8, 4) is 5.75 Å². The van der Waals surface area contributed by atoms with E-state index in [2.05, 4.69) is 15.9 Å². The smallest absolute Gasteiger partial charge is 0.276 e. The second-order valence-electron chi connectivity index (χ2n) is 4.07.